The maximum Gasteiger partial charge on any atom is 0.245 e. The highest BCUT2D eigenvalue weighted by Gasteiger charge is 2.32. The van der Waals surface area contributed by atoms with Crippen LogP contribution in [0.15, 0.2) is 89.5 Å². The van der Waals surface area contributed by atoms with Crippen molar-refractivity contribution in [3.05, 3.63) is 107 Å². The SMILES string of the molecule is Cc1ccc(CC(NC(=O)C2C[C@@H](O)CN2)C(=O)N(C)Cc2ccccc2)cc1C.c1ccc2occc2c1. The van der Waals surface area contributed by atoms with Crippen molar-refractivity contribution in [2.24, 2.45) is 0 Å². The number of aryl methyl sites for hydroxylation is 2. The number of carbonyl (C=O) groups excluding carboxylic acids is 2. The molecule has 1 saturated heterocycles. The lowest BCUT2D eigenvalue weighted by atomic mass is 9.99. The van der Waals surface area contributed by atoms with Gasteiger partial charge in [-0.2, -0.15) is 0 Å². The molecule has 7 nitrogen and oxygen atoms in total. The molecule has 3 aromatic carbocycles. The second-order valence-corrected chi connectivity index (χ2v) is 10.2. The number of carbonyl (C=O) groups is 2. The minimum absolute atomic E-state index is 0.135. The summed E-state index contributed by atoms with van der Waals surface area (Å²) in [7, 11) is 1.76. The summed E-state index contributed by atoms with van der Waals surface area (Å²) in [6, 6.07) is 24.6. The molecule has 7 heteroatoms. The fourth-order valence-corrected chi connectivity index (χ4v) is 4.66. The third kappa shape index (κ3) is 7.78. The lowest BCUT2D eigenvalue weighted by Gasteiger charge is -2.26. The summed E-state index contributed by atoms with van der Waals surface area (Å²) in [5, 5.41) is 16.8. The third-order valence-electron chi connectivity index (χ3n) is 7.05. The van der Waals surface area contributed by atoms with E-state index in [1.165, 1.54) is 5.56 Å². The monoisotopic (exact) mass is 527 g/mol. The zero-order valence-corrected chi connectivity index (χ0v) is 22.8. The van der Waals surface area contributed by atoms with Gasteiger partial charge in [0, 0.05) is 31.9 Å². The van der Waals surface area contributed by atoms with E-state index < -0.39 is 18.2 Å². The minimum atomic E-state index is -0.673. The minimum Gasteiger partial charge on any atom is -0.464 e. The Hall–Kier alpha value is -3.94. The van der Waals surface area contributed by atoms with E-state index in [1.807, 2.05) is 86.6 Å². The Labute approximate surface area is 229 Å². The highest BCUT2D eigenvalue weighted by molar-refractivity contribution is 5.90. The molecule has 0 aliphatic carbocycles. The highest BCUT2D eigenvalue weighted by Crippen LogP contribution is 2.15. The molecule has 0 saturated carbocycles. The molecule has 2 amide bonds. The fourth-order valence-electron chi connectivity index (χ4n) is 4.66. The summed E-state index contributed by atoms with van der Waals surface area (Å²) in [5.74, 6) is -0.383. The number of rotatable bonds is 7. The Morgan fingerprint density at radius 3 is 2.44 bits per heavy atom. The number of fused-ring (bicyclic) bond motifs is 1. The van der Waals surface area contributed by atoms with E-state index in [9.17, 15) is 14.7 Å². The third-order valence-corrected chi connectivity index (χ3v) is 7.05. The zero-order chi connectivity index (χ0) is 27.8. The van der Waals surface area contributed by atoms with E-state index in [4.69, 9.17) is 4.42 Å². The maximum absolute atomic E-state index is 13.3. The normalized spacial score (nSPS) is 17.2. The first kappa shape index (κ1) is 28.1. The average molecular weight is 528 g/mol. The molecular formula is C32H37N3O4. The van der Waals surface area contributed by atoms with E-state index in [-0.39, 0.29) is 11.8 Å². The average Bonchev–Trinajstić information content (AvgIpc) is 3.60. The first-order valence-electron chi connectivity index (χ1n) is 13.3. The number of likely N-dealkylation sites (N-methyl/N-ethyl adjacent to an activating group) is 1. The predicted octanol–water partition coefficient (Wildman–Crippen LogP) is 4.14. The molecule has 1 fully saturated rings. The van der Waals surface area contributed by atoms with Crippen LogP contribution in [0.2, 0.25) is 0 Å². The predicted molar refractivity (Wildman–Crippen MR) is 153 cm³/mol. The van der Waals surface area contributed by atoms with Gasteiger partial charge in [0.2, 0.25) is 11.8 Å². The number of hydrogen-bond acceptors (Lipinski definition) is 5. The number of aliphatic hydroxyl groups excluding tert-OH is 1. The summed E-state index contributed by atoms with van der Waals surface area (Å²) < 4.78 is 5.12. The van der Waals surface area contributed by atoms with Crippen LogP contribution in [-0.4, -0.2) is 53.6 Å². The van der Waals surface area contributed by atoms with Gasteiger partial charge in [0.15, 0.2) is 0 Å². The second kappa shape index (κ2) is 13.2. The Morgan fingerprint density at radius 2 is 1.74 bits per heavy atom. The van der Waals surface area contributed by atoms with E-state index >= 15 is 0 Å². The van der Waals surface area contributed by atoms with Crippen LogP contribution >= 0.6 is 0 Å². The Bertz CT molecular complexity index is 1350. The summed E-state index contributed by atoms with van der Waals surface area (Å²) in [6.45, 7) is 4.95. The van der Waals surface area contributed by atoms with E-state index in [0.717, 1.165) is 27.7 Å². The van der Waals surface area contributed by atoms with Gasteiger partial charge in [-0.3, -0.25) is 9.59 Å². The number of furan rings is 1. The van der Waals surface area contributed by atoms with Gasteiger partial charge in [-0.15, -0.1) is 0 Å². The van der Waals surface area contributed by atoms with Gasteiger partial charge in [-0.05, 0) is 54.7 Å². The molecule has 3 atom stereocenters. The van der Waals surface area contributed by atoms with Crippen LogP contribution < -0.4 is 10.6 Å². The molecule has 4 aromatic rings. The van der Waals surface area contributed by atoms with Crippen LogP contribution in [-0.2, 0) is 22.6 Å². The molecule has 0 radical (unpaired) electrons. The van der Waals surface area contributed by atoms with Crippen molar-refractivity contribution in [3.8, 4) is 0 Å². The zero-order valence-electron chi connectivity index (χ0n) is 22.8. The van der Waals surface area contributed by atoms with E-state index in [1.54, 1.807) is 18.2 Å². The van der Waals surface area contributed by atoms with Crippen molar-refractivity contribution in [1.29, 1.82) is 0 Å². The van der Waals surface area contributed by atoms with Crippen molar-refractivity contribution in [3.63, 3.8) is 0 Å². The highest BCUT2D eigenvalue weighted by atomic mass is 16.3. The molecule has 204 valence electrons. The summed E-state index contributed by atoms with van der Waals surface area (Å²) >= 11 is 0. The molecule has 5 rings (SSSR count). The first-order valence-corrected chi connectivity index (χ1v) is 13.3. The van der Waals surface area contributed by atoms with Gasteiger partial charge in [0.25, 0.3) is 0 Å². The van der Waals surface area contributed by atoms with Crippen LogP contribution in [0, 0.1) is 13.8 Å². The summed E-state index contributed by atoms with van der Waals surface area (Å²) in [4.78, 5) is 27.7. The molecule has 2 heterocycles. The smallest absolute Gasteiger partial charge is 0.245 e. The van der Waals surface area contributed by atoms with Gasteiger partial charge in [-0.25, -0.2) is 0 Å². The number of hydrogen-bond donors (Lipinski definition) is 3. The van der Waals surface area contributed by atoms with Gasteiger partial charge in [-0.1, -0.05) is 66.7 Å². The van der Waals surface area contributed by atoms with Crippen LogP contribution in [0.3, 0.4) is 0 Å². The van der Waals surface area contributed by atoms with Crippen molar-refractivity contribution in [2.45, 2.75) is 51.4 Å². The Balaban J connectivity index is 0.000000327. The number of amides is 2. The summed E-state index contributed by atoms with van der Waals surface area (Å²) in [5.41, 5.74) is 5.34. The number of nitrogens with zero attached hydrogens (tertiary/aromatic N) is 1. The van der Waals surface area contributed by atoms with Crippen LogP contribution in [0.4, 0.5) is 0 Å². The topological polar surface area (TPSA) is 94.8 Å². The Kier molecular flexibility index (Phi) is 9.52. The van der Waals surface area contributed by atoms with Gasteiger partial charge >= 0.3 is 0 Å². The summed E-state index contributed by atoms with van der Waals surface area (Å²) in [6.07, 6.45) is 1.94. The molecule has 0 bridgehead atoms. The van der Waals surface area contributed by atoms with E-state index in [2.05, 4.69) is 16.7 Å². The van der Waals surface area contributed by atoms with Crippen LogP contribution in [0.5, 0.6) is 0 Å². The fraction of sp³-hybridized carbons (Fsp3) is 0.312. The van der Waals surface area contributed by atoms with Crippen LogP contribution in [0.25, 0.3) is 11.0 Å². The number of β-amino-alcohol motifs (C(OH)–C–C–N with tert-alkyl or cyclic N) is 1. The number of nitrogens with one attached hydrogen (secondary N) is 2. The maximum atomic E-state index is 13.3. The van der Waals surface area contributed by atoms with Crippen molar-refractivity contribution >= 4 is 22.8 Å². The standard InChI is InChI=1S/C24H31N3O3.C8H6O/c1-16-9-10-19(11-17(16)2)12-22(26-23(29)21-13-20(28)14-25-21)24(30)27(3)15-18-7-5-4-6-8-18;1-2-4-8-7(3-1)5-6-9-8/h4-11,20-22,25,28H,12-15H2,1-3H3,(H,26,29);1-6H/t20-,21?,22?;/m1./s1. The van der Waals surface area contributed by atoms with Gasteiger partial charge < -0.3 is 25.1 Å². The number of benzene rings is 3. The molecule has 3 N–H and O–H groups in total. The van der Waals surface area contributed by atoms with Crippen molar-refractivity contribution in [2.75, 3.05) is 13.6 Å². The van der Waals surface area contributed by atoms with E-state index in [0.29, 0.717) is 25.9 Å². The lowest BCUT2D eigenvalue weighted by molar-refractivity contribution is -0.136. The number of aliphatic hydroxyl groups is 1. The second-order valence-electron chi connectivity index (χ2n) is 10.2. The molecule has 0 spiro atoms. The molecule has 1 aromatic heterocycles. The quantitative estimate of drug-likeness (QED) is 0.336. The molecular weight excluding hydrogens is 490 g/mol. The largest absolute Gasteiger partial charge is 0.464 e. The van der Waals surface area contributed by atoms with Gasteiger partial charge in [0.05, 0.1) is 18.4 Å². The number of para-hydroxylation sites is 1. The molecule has 39 heavy (non-hydrogen) atoms. The van der Waals surface area contributed by atoms with Crippen molar-refractivity contribution in [1.82, 2.24) is 15.5 Å². The lowest BCUT2D eigenvalue weighted by Crippen LogP contribution is -2.52. The molecule has 1 aliphatic rings. The Morgan fingerprint density at radius 1 is 1.00 bits per heavy atom. The van der Waals surface area contributed by atoms with Crippen LogP contribution in [0.1, 0.15) is 28.7 Å². The van der Waals surface area contributed by atoms with Gasteiger partial charge in [0.1, 0.15) is 11.6 Å². The van der Waals surface area contributed by atoms with Crippen molar-refractivity contribution < 1.29 is 19.1 Å². The molecule has 1 aliphatic heterocycles. The molecule has 2 unspecified atom stereocenters. The first-order chi connectivity index (χ1) is 18.8.